The van der Waals surface area contributed by atoms with E-state index in [0.29, 0.717) is 5.56 Å². The van der Waals surface area contributed by atoms with Gasteiger partial charge in [0.05, 0.1) is 11.8 Å². The van der Waals surface area contributed by atoms with Crippen LogP contribution in [0, 0.1) is 0 Å². The lowest BCUT2D eigenvalue weighted by Gasteiger charge is -2.37. The molecule has 0 saturated carbocycles. The first-order valence-corrected chi connectivity index (χ1v) is 6.72. The van der Waals surface area contributed by atoms with Gasteiger partial charge in [0, 0.05) is 31.4 Å². The van der Waals surface area contributed by atoms with Crippen LogP contribution in [0.1, 0.15) is 43.5 Å². The van der Waals surface area contributed by atoms with Gasteiger partial charge in [-0.25, -0.2) is 0 Å². The number of piperidine rings is 1. The molecule has 1 aliphatic rings. The summed E-state index contributed by atoms with van der Waals surface area (Å²) in [7, 11) is 0. The smallest absolute Gasteiger partial charge is 0.257 e. The third-order valence-electron chi connectivity index (χ3n) is 3.62. The SMILES string of the molecule is CCn1cc(C(=O)N2CCCCC2C(C)N)cn1. The zero-order valence-electron chi connectivity index (χ0n) is 11.2. The van der Waals surface area contributed by atoms with Crippen molar-refractivity contribution in [3.05, 3.63) is 18.0 Å². The van der Waals surface area contributed by atoms with Gasteiger partial charge in [-0.15, -0.1) is 0 Å². The summed E-state index contributed by atoms with van der Waals surface area (Å²) in [5.41, 5.74) is 6.66. The highest BCUT2D eigenvalue weighted by molar-refractivity contribution is 5.94. The number of aryl methyl sites for hydroxylation is 1. The molecular weight excluding hydrogens is 228 g/mol. The Labute approximate surface area is 108 Å². The van der Waals surface area contributed by atoms with E-state index in [1.807, 2.05) is 24.9 Å². The largest absolute Gasteiger partial charge is 0.334 e. The maximum Gasteiger partial charge on any atom is 0.257 e. The number of nitrogens with zero attached hydrogens (tertiary/aromatic N) is 3. The highest BCUT2D eigenvalue weighted by atomic mass is 16.2. The van der Waals surface area contributed by atoms with E-state index < -0.39 is 0 Å². The van der Waals surface area contributed by atoms with Crippen molar-refractivity contribution in [3.63, 3.8) is 0 Å². The van der Waals surface area contributed by atoms with Crippen LogP contribution < -0.4 is 5.73 Å². The second kappa shape index (κ2) is 5.52. The molecule has 18 heavy (non-hydrogen) atoms. The van der Waals surface area contributed by atoms with Gasteiger partial charge < -0.3 is 10.6 Å². The van der Waals surface area contributed by atoms with E-state index in [1.54, 1.807) is 10.9 Å². The van der Waals surface area contributed by atoms with E-state index in [4.69, 9.17) is 5.73 Å². The third-order valence-corrected chi connectivity index (χ3v) is 3.62. The Balaban J connectivity index is 2.15. The molecule has 1 aromatic rings. The average Bonchev–Trinajstić information content (AvgIpc) is 2.86. The predicted molar refractivity (Wildman–Crippen MR) is 70.2 cm³/mol. The van der Waals surface area contributed by atoms with Crippen LogP contribution >= 0.6 is 0 Å². The minimum Gasteiger partial charge on any atom is -0.334 e. The van der Waals surface area contributed by atoms with Crippen LogP contribution in [0.3, 0.4) is 0 Å². The molecule has 0 radical (unpaired) electrons. The Morgan fingerprint density at radius 3 is 3.00 bits per heavy atom. The Morgan fingerprint density at radius 1 is 1.61 bits per heavy atom. The monoisotopic (exact) mass is 250 g/mol. The van der Waals surface area contributed by atoms with Gasteiger partial charge in [0.1, 0.15) is 0 Å². The molecule has 1 aromatic heterocycles. The number of aromatic nitrogens is 2. The van der Waals surface area contributed by atoms with Crippen molar-refractivity contribution in [3.8, 4) is 0 Å². The summed E-state index contributed by atoms with van der Waals surface area (Å²) < 4.78 is 1.78. The molecule has 1 amide bonds. The molecule has 5 heteroatoms. The van der Waals surface area contributed by atoms with Crippen molar-refractivity contribution in [2.45, 2.75) is 51.7 Å². The number of likely N-dealkylation sites (tertiary alicyclic amines) is 1. The molecule has 1 saturated heterocycles. The van der Waals surface area contributed by atoms with Crippen LogP contribution in [0.4, 0.5) is 0 Å². The van der Waals surface area contributed by atoms with Gasteiger partial charge in [-0.05, 0) is 33.1 Å². The van der Waals surface area contributed by atoms with Gasteiger partial charge >= 0.3 is 0 Å². The number of amides is 1. The third kappa shape index (κ3) is 2.56. The van der Waals surface area contributed by atoms with Crippen molar-refractivity contribution in [2.24, 2.45) is 5.73 Å². The van der Waals surface area contributed by atoms with E-state index in [9.17, 15) is 4.79 Å². The predicted octanol–water partition coefficient (Wildman–Crippen LogP) is 1.24. The van der Waals surface area contributed by atoms with Crippen LogP contribution in [-0.4, -0.2) is 39.2 Å². The zero-order chi connectivity index (χ0) is 13.1. The molecule has 1 aliphatic heterocycles. The van der Waals surface area contributed by atoms with Gasteiger partial charge in [0.25, 0.3) is 5.91 Å². The molecule has 0 bridgehead atoms. The minimum absolute atomic E-state index is 0.0236. The molecule has 1 fully saturated rings. The Morgan fingerprint density at radius 2 is 2.39 bits per heavy atom. The summed E-state index contributed by atoms with van der Waals surface area (Å²) in [6.07, 6.45) is 6.69. The number of hydrogen-bond acceptors (Lipinski definition) is 3. The fourth-order valence-corrected chi connectivity index (χ4v) is 2.57. The van der Waals surface area contributed by atoms with E-state index in [2.05, 4.69) is 5.10 Å². The van der Waals surface area contributed by atoms with E-state index >= 15 is 0 Å². The van der Waals surface area contributed by atoms with Gasteiger partial charge in [0.15, 0.2) is 0 Å². The molecule has 0 aromatic carbocycles. The molecular formula is C13H22N4O. The van der Waals surface area contributed by atoms with E-state index in [1.165, 1.54) is 0 Å². The van der Waals surface area contributed by atoms with Crippen LogP contribution in [0.15, 0.2) is 12.4 Å². The zero-order valence-corrected chi connectivity index (χ0v) is 11.2. The molecule has 2 heterocycles. The molecule has 5 nitrogen and oxygen atoms in total. The second-order valence-electron chi connectivity index (χ2n) is 5.01. The lowest BCUT2D eigenvalue weighted by Crippen LogP contribution is -2.51. The Bertz CT molecular complexity index is 413. The lowest BCUT2D eigenvalue weighted by molar-refractivity contribution is 0.0583. The number of carbonyl (C=O) groups is 1. The van der Waals surface area contributed by atoms with Gasteiger partial charge in [-0.1, -0.05) is 0 Å². The number of carbonyl (C=O) groups excluding carboxylic acids is 1. The quantitative estimate of drug-likeness (QED) is 0.878. The lowest BCUT2D eigenvalue weighted by atomic mass is 9.96. The van der Waals surface area contributed by atoms with Crippen molar-refractivity contribution >= 4 is 5.91 Å². The van der Waals surface area contributed by atoms with E-state index in [-0.39, 0.29) is 18.0 Å². The summed E-state index contributed by atoms with van der Waals surface area (Å²) in [5.74, 6) is 0.0664. The molecule has 100 valence electrons. The van der Waals surface area contributed by atoms with Gasteiger partial charge in [0.2, 0.25) is 0 Å². The van der Waals surface area contributed by atoms with Crippen LogP contribution in [-0.2, 0) is 6.54 Å². The second-order valence-corrected chi connectivity index (χ2v) is 5.01. The maximum absolute atomic E-state index is 12.5. The number of nitrogens with two attached hydrogens (primary N) is 1. The first-order valence-electron chi connectivity index (χ1n) is 6.72. The summed E-state index contributed by atoms with van der Waals surface area (Å²) in [6.45, 7) is 5.57. The summed E-state index contributed by atoms with van der Waals surface area (Å²) in [6, 6.07) is 0.187. The van der Waals surface area contributed by atoms with Gasteiger partial charge in [-0.3, -0.25) is 9.48 Å². The normalized spacial score (nSPS) is 21.9. The molecule has 2 atom stereocenters. The maximum atomic E-state index is 12.5. The number of rotatable bonds is 3. The summed E-state index contributed by atoms with van der Waals surface area (Å²) >= 11 is 0. The molecule has 0 spiro atoms. The van der Waals surface area contributed by atoms with Crippen LogP contribution in [0.25, 0.3) is 0 Å². The summed E-state index contributed by atoms with van der Waals surface area (Å²) in [4.78, 5) is 14.4. The van der Waals surface area contributed by atoms with Crippen LogP contribution in [0.2, 0.25) is 0 Å². The first kappa shape index (κ1) is 13.1. The highest BCUT2D eigenvalue weighted by Gasteiger charge is 2.30. The minimum atomic E-state index is 0.0236. The van der Waals surface area contributed by atoms with Crippen molar-refractivity contribution in [1.29, 1.82) is 0 Å². The average molecular weight is 250 g/mol. The Hall–Kier alpha value is -1.36. The molecule has 2 N–H and O–H groups in total. The van der Waals surface area contributed by atoms with Crippen molar-refractivity contribution < 1.29 is 4.79 Å². The Kier molecular flexibility index (Phi) is 4.01. The van der Waals surface area contributed by atoms with Crippen molar-refractivity contribution in [1.82, 2.24) is 14.7 Å². The first-order chi connectivity index (χ1) is 8.63. The van der Waals surface area contributed by atoms with Gasteiger partial charge in [-0.2, -0.15) is 5.10 Å². The highest BCUT2D eigenvalue weighted by Crippen LogP contribution is 2.21. The standard InChI is InChI=1S/C13H22N4O/c1-3-16-9-11(8-15-16)13(18)17-7-5-4-6-12(17)10(2)14/h8-10,12H,3-7,14H2,1-2H3. The topological polar surface area (TPSA) is 64.2 Å². The fraction of sp³-hybridized carbons (Fsp3) is 0.692. The number of hydrogen-bond donors (Lipinski definition) is 1. The molecule has 2 rings (SSSR count). The summed E-state index contributed by atoms with van der Waals surface area (Å²) in [5, 5.41) is 4.16. The van der Waals surface area contributed by atoms with Crippen LogP contribution in [0.5, 0.6) is 0 Å². The van der Waals surface area contributed by atoms with E-state index in [0.717, 1.165) is 32.4 Å². The molecule has 2 unspecified atom stereocenters. The van der Waals surface area contributed by atoms with Crippen molar-refractivity contribution in [2.75, 3.05) is 6.54 Å². The fourth-order valence-electron chi connectivity index (χ4n) is 2.57. The molecule has 0 aliphatic carbocycles.